The number of benzene rings is 1. The van der Waals surface area contributed by atoms with Gasteiger partial charge in [-0.05, 0) is 43.4 Å². The van der Waals surface area contributed by atoms with Crippen LogP contribution in [-0.2, 0) is 6.54 Å². The van der Waals surface area contributed by atoms with Crippen molar-refractivity contribution in [2.45, 2.75) is 58.7 Å². The zero-order chi connectivity index (χ0) is 15.5. The summed E-state index contributed by atoms with van der Waals surface area (Å²) in [6, 6.07) is 9.39. The van der Waals surface area contributed by atoms with Gasteiger partial charge in [0.05, 0.1) is 0 Å². The zero-order valence-electron chi connectivity index (χ0n) is 13.8. The first-order valence-electron chi connectivity index (χ1n) is 8.16. The van der Waals surface area contributed by atoms with Crippen LogP contribution in [0.15, 0.2) is 28.7 Å². The van der Waals surface area contributed by atoms with Crippen LogP contribution in [0.25, 0.3) is 0 Å². The fourth-order valence-electron chi connectivity index (χ4n) is 3.17. The molecule has 1 aromatic rings. The molecule has 0 aromatic heterocycles. The molecule has 1 N–H and O–H groups in total. The van der Waals surface area contributed by atoms with Crippen LogP contribution in [0.2, 0.25) is 0 Å². The van der Waals surface area contributed by atoms with Crippen LogP contribution >= 0.6 is 15.9 Å². The SMILES string of the molecule is CCC1(C)CNC(CC(C)C)CN1Cc1ccc(Br)cc1. The predicted octanol–water partition coefficient (Wildman–Crippen LogP) is 4.44. The van der Waals surface area contributed by atoms with E-state index < -0.39 is 0 Å². The second kappa shape index (κ2) is 7.26. The molecular formula is C18H29BrN2. The van der Waals surface area contributed by atoms with E-state index in [1.165, 1.54) is 18.4 Å². The van der Waals surface area contributed by atoms with Gasteiger partial charge in [0.2, 0.25) is 0 Å². The van der Waals surface area contributed by atoms with Gasteiger partial charge in [-0.25, -0.2) is 0 Å². The molecule has 1 aliphatic heterocycles. The maximum atomic E-state index is 3.77. The van der Waals surface area contributed by atoms with Crippen LogP contribution in [0.4, 0.5) is 0 Å². The third-order valence-corrected chi connectivity index (χ3v) is 5.31. The lowest BCUT2D eigenvalue weighted by atomic mass is 9.89. The first kappa shape index (κ1) is 17.0. The first-order valence-corrected chi connectivity index (χ1v) is 8.95. The highest BCUT2D eigenvalue weighted by molar-refractivity contribution is 9.10. The van der Waals surface area contributed by atoms with Crippen LogP contribution < -0.4 is 5.32 Å². The van der Waals surface area contributed by atoms with Crippen LogP contribution in [-0.4, -0.2) is 29.6 Å². The Bertz CT molecular complexity index is 443. The van der Waals surface area contributed by atoms with E-state index in [0.29, 0.717) is 6.04 Å². The number of rotatable bonds is 5. The minimum absolute atomic E-state index is 0.264. The van der Waals surface area contributed by atoms with Crippen LogP contribution in [0, 0.1) is 5.92 Å². The van der Waals surface area contributed by atoms with Crippen molar-refractivity contribution in [3.63, 3.8) is 0 Å². The van der Waals surface area contributed by atoms with Crippen molar-refractivity contribution in [1.29, 1.82) is 0 Å². The van der Waals surface area contributed by atoms with E-state index in [1.54, 1.807) is 0 Å². The lowest BCUT2D eigenvalue weighted by molar-refractivity contribution is 0.0372. The molecule has 1 saturated heterocycles. The van der Waals surface area contributed by atoms with Crippen molar-refractivity contribution < 1.29 is 0 Å². The van der Waals surface area contributed by atoms with E-state index in [0.717, 1.165) is 30.0 Å². The van der Waals surface area contributed by atoms with Gasteiger partial charge in [0.1, 0.15) is 0 Å². The summed E-state index contributed by atoms with van der Waals surface area (Å²) >= 11 is 3.52. The van der Waals surface area contributed by atoms with Gasteiger partial charge in [-0.3, -0.25) is 4.90 Å². The molecule has 1 aliphatic rings. The standard InChI is InChI=1S/C18H29BrN2/c1-5-18(4)13-20-17(10-14(2)3)12-21(18)11-15-6-8-16(19)9-7-15/h6-9,14,17,20H,5,10-13H2,1-4H3. The van der Waals surface area contributed by atoms with Gasteiger partial charge in [0.15, 0.2) is 0 Å². The van der Waals surface area contributed by atoms with Gasteiger partial charge in [0.25, 0.3) is 0 Å². The summed E-state index contributed by atoms with van der Waals surface area (Å²) in [4.78, 5) is 2.68. The van der Waals surface area contributed by atoms with E-state index in [-0.39, 0.29) is 5.54 Å². The average molecular weight is 353 g/mol. The van der Waals surface area contributed by atoms with Gasteiger partial charge in [-0.2, -0.15) is 0 Å². The van der Waals surface area contributed by atoms with Gasteiger partial charge in [-0.1, -0.05) is 48.8 Å². The van der Waals surface area contributed by atoms with Gasteiger partial charge in [-0.15, -0.1) is 0 Å². The highest BCUT2D eigenvalue weighted by Crippen LogP contribution is 2.27. The molecule has 0 bridgehead atoms. The molecule has 1 aromatic carbocycles. The van der Waals surface area contributed by atoms with Gasteiger partial charge >= 0.3 is 0 Å². The summed E-state index contributed by atoms with van der Waals surface area (Å²) in [5, 5.41) is 3.77. The minimum Gasteiger partial charge on any atom is -0.311 e. The summed E-state index contributed by atoms with van der Waals surface area (Å²) in [6.45, 7) is 12.6. The molecule has 3 heteroatoms. The molecule has 21 heavy (non-hydrogen) atoms. The maximum absolute atomic E-state index is 3.77. The Morgan fingerprint density at radius 3 is 2.57 bits per heavy atom. The fraction of sp³-hybridized carbons (Fsp3) is 0.667. The second-order valence-corrected chi connectivity index (χ2v) is 7.98. The average Bonchev–Trinajstić information content (AvgIpc) is 2.44. The third kappa shape index (κ3) is 4.54. The molecule has 0 aliphatic carbocycles. The van der Waals surface area contributed by atoms with E-state index >= 15 is 0 Å². The summed E-state index contributed by atoms with van der Waals surface area (Å²) in [5.74, 6) is 0.753. The van der Waals surface area contributed by atoms with Crippen molar-refractivity contribution in [2.75, 3.05) is 13.1 Å². The molecule has 1 fully saturated rings. The summed E-state index contributed by atoms with van der Waals surface area (Å²) in [6.07, 6.45) is 2.45. The minimum atomic E-state index is 0.264. The highest BCUT2D eigenvalue weighted by Gasteiger charge is 2.36. The van der Waals surface area contributed by atoms with Gasteiger partial charge in [0, 0.05) is 35.7 Å². The number of halogens is 1. The first-order chi connectivity index (χ1) is 9.93. The second-order valence-electron chi connectivity index (χ2n) is 7.06. The number of piperazine rings is 1. The van der Waals surface area contributed by atoms with Crippen LogP contribution in [0.5, 0.6) is 0 Å². The maximum Gasteiger partial charge on any atom is 0.0307 e. The Kier molecular flexibility index (Phi) is 5.87. The largest absolute Gasteiger partial charge is 0.311 e. The topological polar surface area (TPSA) is 15.3 Å². The Morgan fingerprint density at radius 1 is 1.33 bits per heavy atom. The molecule has 118 valence electrons. The highest BCUT2D eigenvalue weighted by atomic mass is 79.9. The van der Waals surface area contributed by atoms with Gasteiger partial charge < -0.3 is 5.32 Å². The third-order valence-electron chi connectivity index (χ3n) is 4.78. The number of nitrogens with one attached hydrogen (secondary N) is 1. The molecular weight excluding hydrogens is 324 g/mol. The summed E-state index contributed by atoms with van der Waals surface area (Å²) < 4.78 is 1.16. The molecule has 2 rings (SSSR count). The van der Waals surface area contributed by atoms with E-state index in [4.69, 9.17) is 0 Å². The van der Waals surface area contributed by atoms with Crippen molar-refractivity contribution in [1.82, 2.24) is 10.2 Å². The predicted molar refractivity (Wildman–Crippen MR) is 94.5 cm³/mol. The molecule has 0 amide bonds. The molecule has 2 unspecified atom stereocenters. The monoisotopic (exact) mass is 352 g/mol. The zero-order valence-corrected chi connectivity index (χ0v) is 15.4. The lowest BCUT2D eigenvalue weighted by Gasteiger charge is -2.48. The molecule has 0 spiro atoms. The molecule has 2 nitrogen and oxygen atoms in total. The Labute approximate surface area is 138 Å². The van der Waals surface area contributed by atoms with Crippen LogP contribution in [0.3, 0.4) is 0 Å². The molecule has 1 heterocycles. The molecule has 0 radical (unpaired) electrons. The van der Waals surface area contributed by atoms with E-state index in [2.05, 4.69) is 78.1 Å². The number of hydrogen-bond donors (Lipinski definition) is 1. The van der Waals surface area contributed by atoms with E-state index in [9.17, 15) is 0 Å². The normalized spacial score (nSPS) is 27.2. The number of hydrogen-bond acceptors (Lipinski definition) is 2. The van der Waals surface area contributed by atoms with E-state index in [1.807, 2.05) is 0 Å². The van der Waals surface area contributed by atoms with Crippen molar-refractivity contribution in [3.8, 4) is 0 Å². The summed E-state index contributed by atoms with van der Waals surface area (Å²) in [5.41, 5.74) is 1.67. The quantitative estimate of drug-likeness (QED) is 0.842. The Hall–Kier alpha value is -0.380. The lowest BCUT2D eigenvalue weighted by Crippen LogP contribution is -2.62. The fourth-order valence-corrected chi connectivity index (χ4v) is 3.43. The molecule has 0 saturated carbocycles. The van der Waals surface area contributed by atoms with Crippen molar-refractivity contribution >= 4 is 15.9 Å². The van der Waals surface area contributed by atoms with Crippen molar-refractivity contribution in [3.05, 3.63) is 34.3 Å². The van der Waals surface area contributed by atoms with Crippen LogP contribution in [0.1, 0.15) is 46.1 Å². The summed E-state index contributed by atoms with van der Waals surface area (Å²) in [7, 11) is 0. The van der Waals surface area contributed by atoms with Crippen molar-refractivity contribution in [2.24, 2.45) is 5.92 Å². The smallest absolute Gasteiger partial charge is 0.0307 e. The Balaban J connectivity index is 2.08. The Morgan fingerprint density at radius 2 is 2.00 bits per heavy atom. The molecule has 2 atom stereocenters. The number of nitrogens with zero attached hydrogens (tertiary/aromatic N) is 1.